The molecule has 1 atom stereocenters. The smallest absolute Gasteiger partial charge is 0.101 e. The third kappa shape index (κ3) is 2.97. The zero-order valence-corrected chi connectivity index (χ0v) is 9.14. The first-order valence-corrected chi connectivity index (χ1v) is 5.07. The minimum absolute atomic E-state index is 0.346. The third-order valence-corrected chi connectivity index (χ3v) is 2.39. The van der Waals surface area contributed by atoms with Crippen molar-refractivity contribution in [1.82, 2.24) is 0 Å². The molecule has 15 heavy (non-hydrogen) atoms. The summed E-state index contributed by atoms with van der Waals surface area (Å²) in [7, 11) is 1.88. The molecule has 80 valence electrons. The third-order valence-electron chi connectivity index (χ3n) is 2.39. The Labute approximate surface area is 90.6 Å². The maximum atomic E-state index is 9.53. The quantitative estimate of drug-likeness (QED) is 0.813. The second-order valence-electron chi connectivity index (χ2n) is 3.57. The highest BCUT2D eigenvalue weighted by Gasteiger charge is 2.09. The molecule has 1 aromatic rings. The van der Waals surface area contributed by atoms with Gasteiger partial charge < -0.3 is 10.0 Å². The molecule has 3 nitrogen and oxygen atoms in total. The van der Waals surface area contributed by atoms with E-state index in [9.17, 15) is 5.11 Å². The van der Waals surface area contributed by atoms with E-state index in [-0.39, 0.29) is 6.10 Å². The number of para-hydroxylation sites is 1. The molecule has 0 saturated heterocycles. The summed E-state index contributed by atoms with van der Waals surface area (Å²) in [5.74, 6) is 0. The summed E-state index contributed by atoms with van der Waals surface area (Å²) in [6, 6.07) is 9.55. The molecule has 0 aliphatic carbocycles. The Bertz CT molecular complexity index is 357. The molecule has 0 fully saturated rings. The number of aliphatic hydroxyl groups excluding tert-OH is 1. The van der Waals surface area contributed by atoms with Gasteiger partial charge in [-0.3, -0.25) is 0 Å². The molecule has 0 aliphatic rings. The van der Waals surface area contributed by atoms with E-state index in [0.29, 0.717) is 12.1 Å². The number of likely N-dealkylation sites (N-methyl/N-ethyl adjacent to an activating group) is 1. The Hall–Kier alpha value is -1.53. The van der Waals surface area contributed by atoms with Crippen molar-refractivity contribution in [2.24, 2.45) is 0 Å². The van der Waals surface area contributed by atoms with Gasteiger partial charge in [-0.15, -0.1) is 0 Å². The number of anilines is 1. The predicted octanol–water partition coefficient (Wildman–Crippen LogP) is 1.77. The molecular formula is C12H16N2O. The lowest BCUT2D eigenvalue weighted by Gasteiger charge is -2.22. The van der Waals surface area contributed by atoms with E-state index >= 15 is 0 Å². The number of aliphatic hydroxyl groups is 1. The number of hydrogen-bond acceptors (Lipinski definition) is 3. The average molecular weight is 204 g/mol. The van der Waals surface area contributed by atoms with Crippen molar-refractivity contribution < 1.29 is 5.11 Å². The molecule has 0 aromatic heterocycles. The van der Waals surface area contributed by atoms with Gasteiger partial charge in [0.15, 0.2) is 0 Å². The SMILES string of the molecule is CCC(O)CN(C)c1ccccc1C#N. The molecule has 0 amide bonds. The molecule has 0 heterocycles. The first kappa shape index (κ1) is 11.5. The van der Waals surface area contributed by atoms with E-state index in [0.717, 1.165) is 12.1 Å². The molecule has 0 bridgehead atoms. The summed E-state index contributed by atoms with van der Waals surface area (Å²) in [5.41, 5.74) is 1.51. The molecule has 0 spiro atoms. The van der Waals surface area contributed by atoms with Crippen molar-refractivity contribution in [3.63, 3.8) is 0 Å². The lowest BCUT2D eigenvalue weighted by atomic mass is 10.1. The van der Waals surface area contributed by atoms with Crippen molar-refractivity contribution in [3.8, 4) is 6.07 Å². The lowest BCUT2D eigenvalue weighted by molar-refractivity contribution is 0.177. The van der Waals surface area contributed by atoms with Gasteiger partial charge in [-0.1, -0.05) is 19.1 Å². The number of nitrogens with zero attached hydrogens (tertiary/aromatic N) is 2. The van der Waals surface area contributed by atoms with Crippen LogP contribution in [0.3, 0.4) is 0 Å². The molecule has 0 aliphatic heterocycles. The molecule has 1 N–H and O–H groups in total. The fourth-order valence-corrected chi connectivity index (χ4v) is 1.44. The first-order valence-electron chi connectivity index (χ1n) is 5.07. The molecule has 0 radical (unpaired) electrons. The van der Waals surface area contributed by atoms with E-state index in [1.54, 1.807) is 6.07 Å². The number of rotatable bonds is 4. The summed E-state index contributed by atoms with van der Waals surface area (Å²) < 4.78 is 0. The zero-order chi connectivity index (χ0) is 11.3. The largest absolute Gasteiger partial charge is 0.391 e. The van der Waals surface area contributed by atoms with Crippen LogP contribution in [0.2, 0.25) is 0 Å². The Balaban J connectivity index is 2.82. The van der Waals surface area contributed by atoms with Crippen molar-refractivity contribution in [2.75, 3.05) is 18.5 Å². The van der Waals surface area contributed by atoms with E-state index in [4.69, 9.17) is 5.26 Å². The van der Waals surface area contributed by atoms with Crippen molar-refractivity contribution in [1.29, 1.82) is 5.26 Å². The molecular weight excluding hydrogens is 188 g/mol. The van der Waals surface area contributed by atoms with Gasteiger partial charge in [-0.2, -0.15) is 5.26 Å². The van der Waals surface area contributed by atoms with Gasteiger partial charge in [0.1, 0.15) is 6.07 Å². The van der Waals surface area contributed by atoms with Gasteiger partial charge in [-0.25, -0.2) is 0 Å². The van der Waals surface area contributed by atoms with Crippen LogP contribution in [0, 0.1) is 11.3 Å². The van der Waals surface area contributed by atoms with Crippen LogP contribution in [0.1, 0.15) is 18.9 Å². The molecule has 3 heteroatoms. The van der Waals surface area contributed by atoms with Gasteiger partial charge in [0, 0.05) is 13.6 Å². The highest BCUT2D eigenvalue weighted by Crippen LogP contribution is 2.18. The highest BCUT2D eigenvalue weighted by molar-refractivity contribution is 5.58. The topological polar surface area (TPSA) is 47.3 Å². The van der Waals surface area contributed by atoms with Gasteiger partial charge in [-0.05, 0) is 18.6 Å². The molecule has 1 rings (SSSR count). The Morgan fingerprint density at radius 2 is 2.13 bits per heavy atom. The number of benzene rings is 1. The van der Waals surface area contributed by atoms with Crippen molar-refractivity contribution in [2.45, 2.75) is 19.4 Å². The zero-order valence-electron chi connectivity index (χ0n) is 9.14. The van der Waals surface area contributed by atoms with Gasteiger partial charge >= 0.3 is 0 Å². The standard InChI is InChI=1S/C12H16N2O/c1-3-11(15)9-14(2)12-7-5-4-6-10(12)8-13/h4-7,11,15H,3,9H2,1-2H3. The molecule has 1 aromatic carbocycles. The van der Waals surface area contributed by atoms with Crippen LogP contribution in [0.4, 0.5) is 5.69 Å². The lowest BCUT2D eigenvalue weighted by Crippen LogP contribution is -2.28. The van der Waals surface area contributed by atoms with Crippen LogP contribution in [-0.4, -0.2) is 24.8 Å². The minimum Gasteiger partial charge on any atom is -0.391 e. The Kier molecular flexibility index (Phi) is 4.14. The van der Waals surface area contributed by atoms with Crippen LogP contribution in [0.25, 0.3) is 0 Å². The van der Waals surface area contributed by atoms with E-state index in [2.05, 4.69) is 6.07 Å². The predicted molar refractivity (Wildman–Crippen MR) is 60.7 cm³/mol. The van der Waals surface area contributed by atoms with Crippen LogP contribution in [0.5, 0.6) is 0 Å². The van der Waals surface area contributed by atoms with E-state index in [1.807, 2.05) is 37.1 Å². The van der Waals surface area contributed by atoms with Crippen LogP contribution < -0.4 is 4.90 Å². The van der Waals surface area contributed by atoms with E-state index in [1.165, 1.54) is 0 Å². The minimum atomic E-state index is -0.346. The highest BCUT2D eigenvalue weighted by atomic mass is 16.3. The van der Waals surface area contributed by atoms with Crippen LogP contribution in [-0.2, 0) is 0 Å². The maximum absolute atomic E-state index is 9.53. The first-order chi connectivity index (χ1) is 7.19. The molecule has 1 unspecified atom stereocenters. The van der Waals surface area contributed by atoms with Gasteiger partial charge in [0.25, 0.3) is 0 Å². The fraction of sp³-hybridized carbons (Fsp3) is 0.417. The number of nitriles is 1. The maximum Gasteiger partial charge on any atom is 0.101 e. The summed E-state index contributed by atoms with van der Waals surface area (Å²) in [6.07, 6.45) is 0.376. The number of hydrogen-bond donors (Lipinski definition) is 1. The summed E-state index contributed by atoms with van der Waals surface area (Å²) in [4.78, 5) is 1.91. The Morgan fingerprint density at radius 3 is 2.73 bits per heavy atom. The monoisotopic (exact) mass is 204 g/mol. The van der Waals surface area contributed by atoms with Crippen molar-refractivity contribution >= 4 is 5.69 Å². The van der Waals surface area contributed by atoms with Crippen LogP contribution >= 0.6 is 0 Å². The van der Waals surface area contributed by atoms with Crippen molar-refractivity contribution in [3.05, 3.63) is 29.8 Å². The summed E-state index contributed by atoms with van der Waals surface area (Å²) >= 11 is 0. The van der Waals surface area contributed by atoms with E-state index < -0.39 is 0 Å². The summed E-state index contributed by atoms with van der Waals surface area (Å²) in [5, 5.41) is 18.4. The fourth-order valence-electron chi connectivity index (χ4n) is 1.44. The second kappa shape index (κ2) is 5.38. The summed E-state index contributed by atoms with van der Waals surface area (Å²) in [6.45, 7) is 2.49. The average Bonchev–Trinajstić information content (AvgIpc) is 2.28. The Morgan fingerprint density at radius 1 is 1.47 bits per heavy atom. The van der Waals surface area contributed by atoms with Gasteiger partial charge in [0.2, 0.25) is 0 Å². The second-order valence-corrected chi connectivity index (χ2v) is 3.57. The van der Waals surface area contributed by atoms with Gasteiger partial charge in [0.05, 0.1) is 17.4 Å². The van der Waals surface area contributed by atoms with Crippen LogP contribution in [0.15, 0.2) is 24.3 Å². The molecule has 0 saturated carbocycles. The normalized spacial score (nSPS) is 11.9.